The van der Waals surface area contributed by atoms with Crippen LogP contribution in [0.3, 0.4) is 0 Å². The van der Waals surface area contributed by atoms with Crippen molar-refractivity contribution in [2.45, 2.75) is 26.3 Å². The van der Waals surface area contributed by atoms with Gasteiger partial charge in [-0.1, -0.05) is 16.8 Å². The zero-order valence-corrected chi connectivity index (χ0v) is 9.28. The predicted octanol–water partition coefficient (Wildman–Crippen LogP) is 1.20. The van der Waals surface area contributed by atoms with Gasteiger partial charge in [-0.2, -0.15) is 0 Å². The lowest BCUT2D eigenvalue weighted by molar-refractivity contribution is -0.781. The Morgan fingerprint density at radius 1 is 1.56 bits per heavy atom. The topological polar surface area (TPSA) is 73.7 Å². The number of nitrogens with one attached hydrogen (secondary N) is 2. The number of rotatable bonds is 2. The number of aromatic nitrogens is 2. The molecule has 0 fully saturated rings. The van der Waals surface area contributed by atoms with E-state index >= 15 is 0 Å². The van der Waals surface area contributed by atoms with E-state index in [1.54, 1.807) is 10.8 Å². The predicted molar refractivity (Wildman–Crippen MR) is 59.4 cm³/mol. The molecule has 1 aromatic heterocycles. The summed E-state index contributed by atoms with van der Waals surface area (Å²) in [5.41, 5.74) is 1.05. The van der Waals surface area contributed by atoms with Gasteiger partial charge in [-0.3, -0.25) is 4.52 Å². The highest BCUT2D eigenvalue weighted by molar-refractivity contribution is 6.22. The maximum absolute atomic E-state index is 11.6. The average Bonchev–Trinajstić information content (AvgIpc) is 2.61. The van der Waals surface area contributed by atoms with Crippen molar-refractivity contribution in [3.8, 4) is 0 Å². The summed E-state index contributed by atoms with van der Waals surface area (Å²) in [6.45, 7) is 3.88. The van der Waals surface area contributed by atoms with Crippen LogP contribution in [-0.2, 0) is 0 Å². The van der Waals surface area contributed by atoms with Crippen molar-refractivity contribution >= 4 is 11.3 Å². The molecule has 0 radical (unpaired) electrons. The SMILES string of the molecule is CC(C)[n+]1[nH]oc(=O)c1C1=CC=CCC1=N. The zero-order valence-electron chi connectivity index (χ0n) is 9.28. The summed E-state index contributed by atoms with van der Waals surface area (Å²) in [7, 11) is 0. The largest absolute Gasteiger partial charge is 0.435 e. The van der Waals surface area contributed by atoms with Crippen LogP contribution in [0.4, 0.5) is 0 Å². The first-order valence-corrected chi connectivity index (χ1v) is 5.19. The Morgan fingerprint density at radius 3 is 2.94 bits per heavy atom. The minimum Gasteiger partial charge on any atom is -0.304 e. The Hall–Kier alpha value is -1.91. The Kier molecular flexibility index (Phi) is 2.60. The van der Waals surface area contributed by atoms with Crippen molar-refractivity contribution in [3.63, 3.8) is 0 Å². The maximum Gasteiger partial charge on any atom is 0.435 e. The summed E-state index contributed by atoms with van der Waals surface area (Å²) >= 11 is 0. The number of allylic oxidation sites excluding steroid dienone is 4. The lowest BCUT2D eigenvalue weighted by atomic mass is 10.00. The number of hydrogen-bond acceptors (Lipinski definition) is 3. The van der Waals surface area contributed by atoms with Crippen LogP contribution < -0.4 is 10.3 Å². The standard InChI is InChI=1S/C11H13N3O2/c1-7(2)14-10(11(15)16-13-14)8-5-3-4-6-9(8)12/h3-5,7,12H,6H2,1-2H3/p+1. The molecule has 0 unspecified atom stereocenters. The molecule has 1 heterocycles. The van der Waals surface area contributed by atoms with Crippen LogP contribution in [-0.4, -0.2) is 11.0 Å². The number of hydrogen-bond donors (Lipinski definition) is 2. The zero-order chi connectivity index (χ0) is 11.7. The molecule has 1 aliphatic rings. The van der Waals surface area contributed by atoms with Gasteiger partial charge in [0.1, 0.15) is 0 Å². The van der Waals surface area contributed by atoms with Gasteiger partial charge in [0.25, 0.3) is 0 Å². The molecule has 0 aliphatic heterocycles. The average molecular weight is 220 g/mol. The molecule has 0 atom stereocenters. The van der Waals surface area contributed by atoms with Crippen molar-refractivity contribution in [2.24, 2.45) is 0 Å². The quantitative estimate of drug-likeness (QED) is 0.735. The fourth-order valence-electron chi connectivity index (χ4n) is 1.67. The molecule has 1 aliphatic carbocycles. The molecular formula is C11H14N3O2+. The highest BCUT2D eigenvalue weighted by Crippen LogP contribution is 2.16. The Balaban J connectivity index is 2.59. The molecule has 84 valence electrons. The lowest BCUT2D eigenvalue weighted by Gasteiger charge is -2.05. The second kappa shape index (κ2) is 3.92. The maximum atomic E-state index is 11.6. The number of aromatic amines is 1. The van der Waals surface area contributed by atoms with E-state index in [1.807, 2.05) is 26.0 Å². The smallest absolute Gasteiger partial charge is 0.304 e. The van der Waals surface area contributed by atoms with E-state index in [0.717, 1.165) is 0 Å². The molecule has 0 aromatic carbocycles. The van der Waals surface area contributed by atoms with Crippen LogP contribution in [0.5, 0.6) is 0 Å². The monoisotopic (exact) mass is 220 g/mol. The van der Waals surface area contributed by atoms with Crippen molar-refractivity contribution in [1.29, 1.82) is 5.41 Å². The van der Waals surface area contributed by atoms with Gasteiger partial charge in [-0.05, 0) is 25.2 Å². The minimum absolute atomic E-state index is 0.0843. The first-order valence-electron chi connectivity index (χ1n) is 5.19. The van der Waals surface area contributed by atoms with Gasteiger partial charge in [0.15, 0.2) is 6.04 Å². The summed E-state index contributed by atoms with van der Waals surface area (Å²) in [4.78, 5) is 11.6. The third-order valence-electron chi connectivity index (χ3n) is 2.49. The first-order chi connectivity index (χ1) is 7.61. The van der Waals surface area contributed by atoms with E-state index in [4.69, 9.17) is 9.93 Å². The van der Waals surface area contributed by atoms with Gasteiger partial charge in [0.05, 0.1) is 5.57 Å². The summed E-state index contributed by atoms with van der Waals surface area (Å²) in [5, 5.41) is 10.4. The molecule has 0 spiro atoms. The minimum atomic E-state index is -0.431. The van der Waals surface area contributed by atoms with E-state index in [2.05, 4.69) is 5.27 Å². The van der Waals surface area contributed by atoms with Crippen LogP contribution in [0.2, 0.25) is 0 Å². The van der Waals surface area contributed by atoms with E-state index < -0.39 is 5.63 Å². The Bertz CT molecular complexity index is 532. The van der Waals surface area contributed by atoms with Crippen LogP contribution in [0, 0.1) is 5.41 Å². The second-order valence-corrected chi connectivity index (χ2v) is 3.98. The lowest BCUT2D eigenvalue weighted by Crippen LogP contribution is -2.43. The fourth-order valence-corrected chi connectivity index (χ4v) is 1.67. The molecule has 2 rings (SSSR count). The van der Waals surface area contributed by atoms with Gasteiger partial charge in [0, 0.05) is 12.1 Å². The molecule has 5 nitrogen and oxygen atoms in total. The molecule has 0 saturated heterocycles. The molecule has 2 N–H and O–H groups in total. The van der Waals surface area contributed by atoms with E-state index in [1.165, 1.54) is 0 Å². The summed E-state index contributed by atoms with van der Waals surface area (Å²) in [6.07, 6.45) is 6.06. The third-order valence-corrected chi connectivity index (χ3v) is 2.49. The third kappa shape index (κ3) is 1.64. The van der Waals surface area contributed by atoms with Gasteiger partial charge >= 0.3 is 11.3 Å². The van der Waals surface area contributed by atoms with Crippen LogP contribution in [0.1, 0.15) is 32.0 Å². The molecule has 16 heavy (non-hydrogen) atoms. The van der Waals surface area contributed by atoms with E-state index in [-0.39, 0.29) is 6.04 Å². The summed E-state index contributed by atoms with van der Waals surface area (Å²) in [5.74, 6) is 0. The molecule has 0 amide bonds. The van der Waals surface area contributed by atoms with Crippen molar-refractivity contribution in [1.82, 2.24) is 5.27 Å². The number of H-pyrrole nitrogens is 1. The van der Waals surface area contributed by atoms with Gasteiger partial charge in [0.2, 0.25) is 0 Å². The summed E-state index contributed by atoms with van der Waals surface area (Å²) < 4.78 is 6.42. The highest BCUT2D eigenvalue weighted by Gasteiger charge is 2.29. The molecule has 5 heteroatoms. The Labute approximate surface area is 92.5 Å². The van der Waals surface area contributed by atoms with Crippen molar-refractivity contribution in [2.75, 3.05) is 0 Å². The fraction of sp³-hybridized carbons (Fsp3) is 0.364. The number of nitrogens with zero attached hydrogens (tertiary/aromatic N) is 1. The van der Waals surface area contributed by atoms with Gasteiger partial charge in [-0.15, -0.1) is 0 Å². The van der Waals surface area contributed by atoms with Crippen LogP contribution >= 0.6 is 0 Å². The molecule has 0 saturated carbocycles. The van der Waals surface area contributed by atoms with Crippen molar-refractivity contribution in [3.05, 3.63) is 34.3 Å². The Morgan fingerprint density at radius 2 is 2.31 bits per heavy atom. The van der Waals surface area contributed by atoms with Gasteiger partial charge in [-0.25, -0.2) is 4.79 Å². The summed E-state index contributed by atoms with van der Waals surface area (Å²) in [6, 6.07) is 0.0843. The van der Waals surface area contributed by atoms with Gasteiger partial charge < -0.3 is 5.41 Å². The van der Waals surface area contributed by atoms with E-state index in [9.17, 15) is 4.79 Å². The first kappa shape index (κ1) is 10.6. The highest BCUT2D eigenvalue weighted by atomic mass is 16.5. The molecular weight excluding hydrogens is 206 g/mol. The normalized spacial score (nSPS) is 15.7. The van der Waals surface area contributed by atoms with E-state index in [0.29, 0.717) is 23.4 Å². The van der Waals surface area contributed by atoms with Crippen LogP contribution in [0.25, 0.3) is 5.57 Å². The second-order valence-electron chi connectivity index (χ2n) is 3.98. The van der Waals surface area contributed by atoms with Crippen molar-refractivity contribution < 1.29 is 9.20 Å². The van der Waals surface area contributed by atoms with Crippen LogP contribution in [0.15, 0.2) is 27.5 Å². The molecule has 1 aromatic rings. The molecule has 0 bridgehead atoms.